The maximum absolute atomic E-state index is 5.68. The molecule has 1 heterocycles. The Morgan fingerprint density at radius 3 is 2.50 bits per heavy atom. The van der Waals surface area contributed by atoms with E-state index in [1.54, 1.807) is 7.11 Å². The molecule has 0 radical (unpaired) electrons. The zero-order valence-electron chi connectivity index (χ0n) is 9.21. The molecule has 0 spiro atoms. The molecule has 1 aliphatic heterocycles. The van der Waals surface area contributed by atoms with Gasteiger partial charge in [-0.05, 0) is 18.8 Å². The molecule has 1 saturated heterocycles. The molecule has 0 aromatic heterocycles. The minimum Gasteiger partial charge on any atom is -0.356 e. The van der Waals surface area contributed by atoms with Crippen LogP contribution >= 0.6 is 0 Å². The van der Waals surface area contributed by atoms with E-state index >= 15 is 0 Å². The van der Waals surface area contributed by atoms with Crippen molar-refractivity contribution in [3.63, 3.8) is 0 Å². The molecule has 2 rings (SSSR count). The van der Waals surface area contributed by atoms with Crippen molar-refractivity contribution in [1.29, 1.82) is 0 Å². The van der Waals surface area contributed by atoms with Gasteiger partial charge in [-0.3, -0.25) is 0 Å². The van der Waals surface area contributed by atoms with Gasteiger partial charge >= 0.3 is 0 Å². The van der Waals surface area contributed by atoms with E-state index in [4.69, 9.17) is 9.47 Å². The second kappa shape index (κ2) is 5.13. The van der Waals surface area contributed by atoms with Crippen molar-refractivity contribution >= 4 is 0 Å². The van der Waals surface area contributed by atoms with Crippen molar-refractivity contribution in [1.82, 2.24) is 0 Å². The van der Waals surface area contributed by atoms with Crippen LogP contribution in [0, 0.1) is 11.8 Å². The summed E-state index contributed by atoms with van der Waals surface area (Å²) in [5.41, 5.74) is 0. The first-order chi connectivity index (χ1) is 6.92. The van der Waals surface area contributed by atoms with Gasteiger partial charge in [-0.25, -0.2) is 0 Å². The number of fused-ring (bicyclic) bond motifs is 1. The summed E-state index contributed by atoms with van der Waals surface area (Å²) < 4.78 is 11.1. The Morgan fingerprint density at radius 2 is 1.71 bits per heavy atom. The van der Waals surface area contributed by atoms with E-state index in [1.807, 2.05) is 0 Å². The lowest BCUT2D eigenvalue weighted by molar-refractivity contribution is -0.111. The highest BCUT2D eigenvalue weighted by Gasteiger charge is 2.36. The van der Waals surface area contributed by atoms with Crippen LogP contribution in [-0.2, 0) is 9.47 Å². The summed E-state index contributed by atoms with van der Waals surface area (Å²) in [6, 6.07) is 0. The van der Waals surface area contributed by atoms with E-state index in [0.29, 0.717) is 5.92 Å². The predicted octanol–water partition coefficient (Wildman–Crippen LogP) is 2.97. The van der Waals surface area contributed by atoms with Crippen molar-refractivity contribution in [3.8, 4) is 0 Å². The molecule has 14 heavy (non-hydrogen) atoms. The largest absolute Gasteiger partial charge is 0.356 e. The number of hydrogen-bond donors (Lipinski definition) is 0. The molecule has 0 unspecified atom stereocenters. The van der Waals surface area contributed by atoms with Crippen LogP contribution in [0.25, 0.3) is 0 Å². The van der Waals surface area contributed by atoms with Crippen molar-refractivity contribution in [2.24, 2.45) is 11.8 Å². The Kier molecular flexibility index (Phi) is 3.82. The normalized spacial score (nSPS) is 39.6. The summed E-state index contributed by atoms with van der Waals surface area (Å²) in [6.07, 6.45) is 9.76. The first-order valence-electron chi connectivity index (χ1n) is 6.06. The second-order valence-electron chi connectivity index (χ2n) is 4.71. The van der Waals surface area contributed by atoms with Gasteiger partial charge in [-0.15, -0.1) is 0 Å². The Labute approximate surface area is 87.0 Å². The summed E-state index contributed by atoms with van der Waals surface area (Å²) in [6.45, 7) is 0.934. The number of methoxy groups -OCH3 is 1. The Hall–Kier alpha value is -0.0800. The third-order valence-corrected chi connectivity index (χ3v) is 3.77. The molecule has 1 saturated carbocycles. The van der Waals surface area contributed by atoms with Crippen LogP contribution in [-0.4, -0.2) is 20.0 Å². The van der Waals surface area contributed by atoms with Gasteiger partial charge in [0, 0.05) is 13.0 Å². The lowest BCUT2D eigenvalue weighted by atomic mass is 9.87. The minimum absolute atomic E-state index is 0.0955. The molecule has 3 atom stereocenters. The molecule has 2 fully saturated rings. The lowest BCUT2D eigenvalue weighted by Gasteiger charge is -2.20. The average Bonchev–Trinajstić information content (AvgIpc) is 2.61. The smallest absolute Gasteiger partial charge is 0.160 e. The van der Waals surface area contributed by atoms with Gasteiger partial charge < -0.3 is 9.47 Å². The van der Waals surface area contributed by atoms with E-state index in [9.17, 15) is 0 Å². The molecule has 82 valence electrons. The Balaban J connectivity index is 1.94. The third-order valence-electron chi connectivity index (χ3n) is 3.77. The van der Waals surface area contributed by atoms with E-state index in [0.717, 1.165) is 12.5 Å². The lowest BCUT2D eigenvalue weighted by Crippen LogP contribution is -2.22. The summed E-state index contributed by atoms with van der Waals surface area (Å²) >= 11 is 0. The minimum atomic E-state index is 0.0955. The van der Waals surface area contributed by atoms with Gasteiger partial charge in [0.15, 0.2) is 6.29 Å². The monoisotopic (exact) mass is 198 g/mol. The predicted molar refractivity (Wildman–Crippen MR) is 56.0 cm³/mol. The molecule has 1 aliphatic carbocycles. The van der Waals surface area contributed by atoms with Gasteiger partial charge in [-0.2, -0.15) is 0 Å². The van der Waals surface area contributed by atoms with Crippen molar-refractivity contribution in [2.75, 3.05) is 13.7 Å². The van der Waals surface area contributed by atoms with Crippen LogP contribution in [0.5, 0.6) is 0 Å². The standard InChI is InChI=1S/C12H22O2/c1-13-12-11-8-6-4-2-3-5-7-10(11)9-14-12/h10-12H,2-9H2,1H3/t10-,11+,12-/m1/s1. The van der Waals surface area contributed by atoms with E-state index in [1.165, 1.54) is 44.9 Å². The number of rotatable bonds is 1. The van der Waals surface area contributed by atoms with Crippen molar-refractivity contribution in [2.45, 2.75) is 51.2 Å². The van der Waals surface area contributed by atoms with Crippen molar-refractivity contribution < 1.29 is 9.47 Å². The second-order valence-corrected chi connectivity index (χ2v) is 4.71. The molecular weight excluding hydrogens is 176 g/mol. The van der Waals surface area contributed by atoms with E-state index in [2.05, 4.69) is 0 Å². The fraction of sp³-hybridized carbons (Fsp3) is 1.00. The van der Waals surface area contributed by atoms with Gasteiger partial charge in [0.1, 0.15) is 0 Å². The van der Waals surface area contributed by atoms with Gasteiger partial charge in [0.05, 0.1) is 6.61 Å². The fourth-order valence-electron chi connectivity index (χ4n) is 2.92. The molecule has 0 amide bonds. The Morgan fingerprint density at radius 1 is 1.00 bits per heavy atom. The molecule has 2 aliphatic rings. The molecule has 2 nitrogen and oxygen atoms in total. The van der Waals surface area contributed by atoms with Crippen LogP contribution < -0.4 is 0 Å². The van der Waals surface area contributed by atoms with Gasteiger partial charge in [0.2, 0.25) is 0 Å². The summed E-state index contributed by atoms with van der Waals surface area (Å²) in [7, 11) is 1.78. The molecular formula is C12H22O2. The summed E-state index contributed by atoms with van der Waals surface area (Å²) in [5, 5.41) is 0. The van der Waals surface area contributed by atoms with Crippen LogP contribution in [0.4, 0.5) is 0 Å². The van der Waals surface area contributed by atoms with Crippen LogP contribution in [0.2, 0.25) is 0 Å². The molecule has 0 aromatic carbocycles. The first kappa shape index (κ1) is 10.4. The van der Waals surface area contributed by atoms with Gasteiger partial charge in [-0.1, -0.05) is 32.1 Å². The highest BCUT2D eigenvalue weighted by molar-refractivity contribution is 4.80. The molecule has 0 aromatic rings. The topological polar surface area (TPSA) is 18.5 Å². The summed E-state index contributed by atoms with van der Waals surface area (Å²) in [5.74, 6) is 1.45. The molecule has 2 heteroatoms. The van der Waals surface area contributed by atoms with Crippen LogP contribution in [0.1, 0.15) is 44.9 Å². The third kappa shape index (κ3) is 2.29. The summed E-state index contributed by atoms with van der Waals surface area (Å²) in [4.78, 5) is 0. The number of ether oxygens (including phenoxy) is 2. The number of hydrogen-bond acceptors (Lipinski definition) is 2. The van der Waals surface area contributed by atoms with Crippen LogP contribution in [0.15, 0.2) is 0 Å². The highest BCUT2D eigenvalue weighted by Crippen LogP contribution is 2.36. The maximum Gasteiger partial charge on any atom is 0.160 e. The molecule has 0 N–H and O–H groups in total. The fourth-order valence-corrected chi connectivity index (χ4v) is 2.92. The zero-order chi connectivity index (χ0) is 9.80. The van der Waals surface area contributed by atoms with E-state index in [-0.39, 0.29) is 6.29 Å². The Bertz CT molecular complexity index is 170. The highest BCUT2D eigenvalue weighted by atomic mass is 16.7. The SMILES string of the molecule is CO[C@@H]1OC[C@H]2CCCCCCC[C@@H]21. The van der Waals surface area contributed by atoms with Crippen LogP contribution in [0.3, 0.4) is 0 Å². The maximum atomic E-state index is 5.68. The molecule has 0 bridgehead atoms. The quantitative estimate of drug-likeness (QED) is 0.645. The van der Waals surface area contributed by atoms with Gasteiger partial charge in [0.25, 0.3) is 0 Å². The first-order valence-corrected chi connectivity index (χ1v) is 6.06. The zero-order valence-corrected chi connectivity index (χ0v) is 9.21. The average molecular weight is 198 g/mol. The van der Waals surface area contributed by atoms with E-state index < -0.39 is 0 Å². The van der Waals surface area contributed by atoms with Crippen molar-refractivity contribution in [3.05, 3.63) is 0 Å².